The van der Waals surface area contributed by atoms with Crippen LogP contribution in [0.25, 0.3) is 0 Å². The molecule has 1 atom stereocenters. The molecule has 0 aromatic rings. The molecular formula is C15H25NO4. The summed E-state index contributed by atoms with van der Waals surface area (Å²) in [4.78, 5) is 23.6. The van der Waals surface area contributed by atoms with Crippen molar-refractivity contribution in [2.24, 2.45) is 11.3 Å². The largest absolute Gasteiger partial charge is 0.481 e. The maximum absolute atomic E-state index is 12.2. The number of amides is 1. The third-order valence-electron chi connectivity index (χ3n) is 4.88. The molecule has 2 fully saturated rings. The van der Waals surface area contributed by atoms with Crippen molar-refractivity contribution in [3.05, 3.63) is 0 Å². The van der Waals surface area contributed by atoms with Crippen LogP contribution >= 0.6 is 0 Å². The summed E-state index contributed by atoms with van der Waals surface area (Å²) in [6.07, 6.45) is 5.12. The zero-order chi connectivity index (χ0) is 14.6. The van der Waals surface area contributed by atoms with Crippen LogP contribution in [0.3, 0.4) is 0 Å². The number of carboxylic acids is 1. The van der Waals surface area contributed by atoms with Gasteiger partial charge in [-0.25, -0.2) is 0 Å². The number of rotatable bonds is 5. The van der Waals surface area contributed by atoms with Crippen molar-refractivity contribution in [3.63, 3.8) is 0 Å². The van der Waals surface area contributed by atoms with Crippen LogP contribution in [0.2, 0.25) is 0 Å². The molecule has 1 saturated heterocycles. The van der Waals surface area contributed by atoms with E-state index >= 15 is 0 Å². The van der Waals surface area contributed by atoms with Gasteiger partial charge in [-0.2, -0.15) is 0 Å². The Hall–Kier alpha value is -1.10. The molecule has 1 unspecified atom stereocenters. The number of carboxylic acid groups (broad SMARTS) is 1. The van der Waals surface area contributed by atoms with E-state index in [1.54, 1.807) is 0 Å². The molecule has 5 heteroatoms. The molecule has 2 aliphatic rings. The van der Waals surface area contributed by atoms with Gasteiger partial charge in [0.05, 0.1) is 5.41 Å². The highest BCUT2D eigenvalue weighted by molar-refractivity contribution is 5.85. The molecule has 0 bridgehead atoms. The molecule has 1 aliphatic heterocycles. The third kappa shape index (κ3) is 3.51. The van der Waals surface area contributed by atoms with E-state index in [1.807, 2.05) is 6.92 Å². The summed E-state index contributed by atoms with van der Waals surface area (Å²) < 4.78 is 5.32. The molecule has 20 heavy (non-hydrogen) atoms. The van der Waals surface area contributed by atoms with E-state index in [-0.39, 0.29) is 18.4 Å². The Morgan fingerprint density at radius 2 is 1.90 bits per heavy atom. The number of ether oxygens (including phenoxy) is 1. The molecule has 1 amide bonds. The number of nitrogens with one attached hydrogen (secondary N) is 1. The summed E-state index contributed by atoms with van der Waals surface area (Å²) in [6.45, 7) is 3.52. The van der Waals surface area contributed by atoms with Gasteiger partial charge in [-0.15, -0.1) is 0 Å². The predicted octanol–water partition coefficient (Wildman–Crippen LogP) is 1.95. The lowest BCUT2D eigenvalue weighted by Gasteiger charge is -2.30. The maximum atomic E-state index is 12.2. The van der Waals surface area contributed by atoms with Crippen LogP contribution in [-0.4, -0.2) is 36.2 Å². The third-order valence-corrected chi connectivity index (χ3v) is 4.88. The van der Waals surface area contributed by atoms with Crippen molar-refractivity contribution in [3.8, 4) is 0 Å². The highest BCUT2D eigenvalue weighted by Crippen LogP contribution is 2.41. The van der Waals surface area contributed by atoms with E-state index in [0.29, 0.717) is 18.8 Å². The Morgan fingerprint density at radius 1 is 1.30 bits per heavy atom. The predicted molar refractivity (Wildman–Crippen MR) is 74.3 cm³/mol. The summed E-state index contributed by atoms with van der Waals surface area (Å²) in [5.41, 5.74) is -0.820. The first-order valence-corrected chi connectivity index (χ1v) is 7.64. The molecule has 1 aliphatic carbocycles. The summed E-state index contributed by atoms with van der Waals surface area (Å²) in [6, 6.07) is 0.0960. The van der Waals surface area contributed by atoms with Crippen molar-refractivity contribution in [1.29, 1.82) is 0 Å². The van der Waals surface area contributed by atoms with Crippen LogP contribution in [0.5, 0.6) is 0 Å². The zero-order valence-corrected chi connectivity index (χ0v) is 12.2. The molecule has 2 rings (SSSR count). The van der Waals surface area contributed by atoms with E-state index in [0.717, 1.165) is 38.9 Å². The normalized spacial score (nSPS) is 24.2. The Balaban J connectivity index is 1.86. The average molecular weight is 283 g/mol. The van der Waals surface area contributed by atoms with Crippen molar-refractivity contribution in [2.75, 3.05) is 13.2 Å². The number of carbonyl (C=O) groups excluding carboxylic acids is 1. The van der Waals surface area contributed by atoms with Gasteiger partial charge in [-0.3, -0.25) is 9.59 Å². The Bertz CT molecular complexity index is 357. The van der Waals surface area contributed by atoms with E-state index in [1.165, 1.54) is 0 Å². The highest BCUT2D eigenvalue weighted by Gasteiger charge is 2.43. The van der Waals surface area contributed by atoms with Gasteiger partial charge in [-0.1, -0.05) is 12.8 Å². The SMILES string of the molecule is CC(NC(=O)CC1(C(=O)O)CCCC1)C1CCOCC1. The number of hydrogen-bond acceptors (Lipinski definition) is 3. The lowest BCUT2D eigenvalue weighted by Crippen LogP contribution is -2.43. The summed E-state index contributed by atoms with van der Waals surface area (Å²) in [5, 5.41) is 12.4. The molecule has 114 valence electrons. The van der Waals surface area contributed by atoms with Crippen LogP contribution in [0.15, 0.2) is 0 Å². The van der Waals surface area contributed by atoms with Gasteiger partial charge >= 0.3 is 5.97 Å². The van der Waals surface area contributed by atoms with Crippen molar-refractivity contribution in [1.82, 2.24) is 5.32 Å². The van der Waals surface area contributed by atoms with E-state index < -0.39 is 11.4 Å². The Morgan fingerprint density at radius 3 is 2.45 bits per heavy atom. The molecule has 1 saturated carbocycles. The van der Waals surface area contributed by atoms with Gasteiger partial charge in [-0.05, 0) is 38.5 Å². The zero-order valence-electron chi connectivity index (χ0n) is 12.2. The molecule has 5 nitrogen and oxygen atoms in total. The fraction of sp³-hybridized carbons (Fsp3) is 0.867. The second-order valence-corrected chi connectivity index (χ2v) is 6.28. The highest BCUT2D eigenvalue weighted by atomic mass is 16.5. The fourth-order valence-corrected chi connectivity index (χ4v) is 3.46. The van der Waals surface area contributed by atoms with Gasteiger partial charge in [0.25, 0.3) is 0 Å². The monoisotopic (exact) mass is 283 g/mol. The topological polar surface area (TPSA) is 75.6 Å². The molecule has 0 aromatic carbocycles. The molecule has 0 spiro atoms. The number of carbonyl (C=O) groups is 2. The van der Waals surface area contributed by atoms with Gasteiger partial charge in [0.2, 0.25) is 5.91 Å². The average Bonchev–Trinajstić information content (AvgIpc) is 2.89. The lowest BCUT2D eigenvalue weighted by atomic mass is 9.82. The van der Waals surface area contributed by atoms with E-state index in [4.69, 9.17) is 4.74 Å². The van der Waals surface area contributed by atoms with Crippen molar-refractivity contribution < 1.29 is 19.4 Å². The van der Waals surface area contributed by atoms with Crippen LogP contribution in [0.4, 0.5) is 0 Å². The van der Waals surface area contributed by atoms with Gasteiger partial charge in [0.1, 0.15) is 0 Å². The first-order valence-electron chi connectivity index (χ1n) is 7.64. The summed E-state index contributed by atoms with van der Waals surface area (Å²) in [7, 11) is 0. The van der Waals surface area contributed by atoms with Crippen LogP contribution in [-0.2, 0) is 14.3 Å². The first kappa shape index (κ1) is 15.3. The Kier molecular flexibility index (Phi) is 5.02. The number of aliphatic carboxylic acids is 1. The van der Waals surface area contributed by atoms with Crippen molar-refractivity contribution >= 4 is 11.9 Å². The van der Waals surface area contributed by atoms with Crippen LogP contribution in [0, 0.1) is 11.3 Å². The minimum absolute atomic E-state index is 0.0960. The van der Waals surface area contributed by atoms with Gasteiger partial charge in [0.15, 0.2) is 0 Å². The standard InChI is InChI=1S/C15H25NO4/c1-11(12-4-8-20-9-5-12)16-13(17)10-15(14(18)19)6-2-3-7-15/h11-12H,2-10H2,1H3,(H,16,17)(H,18,19). The molecular weight excluding hydrogens is 258 g/mol. The quantitative estimate of drug-likeness (QED) is 0.808. The molecule has 1 heterocycles. The van der Waals surface area contributed by atoms with E-state index in [9.17, 15) is 14.7 Å². The van der Waals surface area contributed by atoms with Crippen LogP contribution < -0.4 is 5.32 Å². The molecule has 0 radical (unpaired) electrons. The number of hydrogen-bond donors (Lipinski definition) is 2. The maximum Gasteiger partial charge on any atom is 0.310 e. The lowest BCUT2D eigenvalue weighted by molar-refractivity contribution is -0.151. The second-order valence-electron chi connectivity index (χ2n) is 6.28. The van der Waals surface area contributed by atoms with Crippen LogP contribution in [0.1, 0.15) is 51.9 Å². The van der Waals surface area contributed by atoms with E-state index in [2.05, 4.69) is 5.32 Å². The minimum Gasteiger partial charge on any atom is -0.481 e. The minimum atomic E-state index is -0.820. The summed E-state index contributed by atoms with van der Waals surface area (Å²) >= 11 is 0. The molecule has 2 N–H and O–H groups in total. The van der Waals surface area contributed by atoms with Crippen molar-refractivity contribution in [2.45, 2.75) is 57.9 Å². The van der Waals surface area contributed by atoms with Gasteiger partial charge < -0.3 is 15.2 Å². The first-order chi connectivity index (χ1) is 9.53. The molecule has 0 aromatic heterocycles. The summed E-state index contributed by atoms with van der Waals surface area (Å²) in [5.74, 6) is -0.491. The second kappa shape index (κ2) is 6.57. The van der Waals surface area contributed by atoms with Gasteiger partial charge in [0, 0.05) is 25.7 Å². The smallest absolute Gasteiger partial charge is 0.310 e. The Labute approximate surface area is 120 Å². The fourth-order valence-electron chi connectivity index (χ4n) is 3.46.